The lowest BCUT2D eigenvalue weighted by atomic mass is 10.1. The molecular formula is C15H13N5O2. The molecule has 0 aliphatic rings. The lowest BCUT2D eigenvalue weighted by Crippen LogP contribution is -2.15. The van der Waals surface area contributed by atoms with Gasteiger partial charge < -0.3 is 10.1 Å². The van der Waals surface area contributed by atoms with E-state index in [0.717, 1.165) is 0 Å². The average Bonchev–Trinajstić information content (AvgIpc) is 3.09. The van der Waals surface area contributed by atoms with Gasteiger partial charge in [-0.3, -0.25) is 4.79 Å². The van der Waals surface area contributed by atoms with E-state index in [9.17, 15) is 4.79 Å². The number of carbonyl (C=O) groups excluding carboxylic acids is 1. The SMILES string of the molecule is COc1ccccc1C(=O)Nc1ccccc1-n1cnnn1. The lowest BCUT2D eigenvalue weighted by molar-refractivity contribution is 0.102. The molecule has 0 unspecified atom stereocenters. The minimum atomic E-state index is -0.266. The van der Waals surface area contributed by atoms with E-state index < -0.39 is 0 Å². The summed E-state index contributed by atoms with van der Waals surface area (Å²) in [5.41, 5.74) is 1.73. The predicted octanol–water partition coefficient (Wildman–Crippen LogP) is 1.92. The summed E-state index contributed by atoms with van der Waals surface area (Å²) in [4.78, 5) is 12.5. The molecular weight excluding hydrogens is 282 g/mol. The zero-order valence-corrected chi connectivity index (χ0v) is 11.8. The Bertz CT molecular complexity index is 786. The highest BCUT2D eigenvalue weighted by Crippen LogP contribution is 2.22. The number of hydrogen-bond acceptors (Lipinski definition) is 5. The van der Waals surface area contributed by atoms with Crippen LogP contribution in [0.5, 0.6) is 5.75 Å². The van der Waals surface area contributed by atoms with Crippen molar-refractivity contribution in [2.45, 2.75) is 0 Å². The van der Waals surface area contributed by atoms with Gasteiger partial charge in [-0.2, -0.15) is 4.68 Å². The number of anilines is 1. The van der Waals surface area contributed by atoms with Crippen molar-refractivity contribution in [3.63, 3.8) is 0 Å². The molecule has 0 aliphatic carbocycles. The number of benzene rings is 2. The highest BCUT2D eigenvalue weighted by molar-refractivity contribution is 6.07. The third-order valence-corrected chi connectivity index (χ3v) is 3.10. The van der Waals surface area contributed by atoms with Crippen LogP contribution in [0.1, 0.15) is 10.4 Å². The normalized spacial score (nSPS) is 10.2. The van der Waals surface area contributed by atoms with Crippen molar-refractivity contribution in [3.8, 4) is 11.4 Å². The maximum atomic E-state index is 12.5. The van der Waals surface area contributed by atoms with Crippen LogP contribution in [0, 0.1) is 0 Å². The first-order chi connectivity index (χ1) is 10.8. The van der Waals surface area contributed by atoms with Crippen LogP contribution in [0.25, 0.3) is 5.69 Å². The van der Waals surface area contributed by atoms with Gasteiger partial charge in [-0.1, -0.05) is 24.3 Å². The molecule has 7 heteroatoms. The van der Waals surface area contributed by atoms with Crippen LogP contribution in [0.15, 0.2) is 54.9 Å². The number of nitrogens with one attached hydrogen (secondary N) is 1. The van der Waals surface area contributed by atoms with Crippen LogP contribution in [0.4, 0.5) is 5.69 Å². The van der Waals surface area contributed by atoms with Crippen LogP contribution in [-0.4, -0.2) is 33.2 Å². The molecule has 3 rings (SSSR count). The van der Waals surface area contributed by atoms with E-state index in [0.29, 0.717) is 22.7 Å². The molecule has 22 heavy (non-hydrogen) atoms. The largest absolute Gasteiger partial charge is 0.496 e. The van der Waals surface area contributed by atoms with E-state index in [-0.39, 0.29) is 5.91 Å². The van der Waals surface area contributed by atoms with Crippen LogP contribution >= 0.6 is 0 Å². The molecule has 0 fully saturated rings. The summed E-state index contributed by atoms with van der Waals surface area (Å²) in [7, 11) is 1.53. The number of hydrogen-bond donors (Lipinski definition) is 1. The molecule has 0 saturated heterocycles. The Morgan fingerprint density at radius 3 is 2.68 bits per heavy atom. The third kappa shape index (κ3) is 2.64. The molecule has 110 valence electrons. The van der Waals surface area contributed by atoms with Crippen LogP contribution in [0.3, 0.4) is 0 Å². The smallest absolute Gasteiger partial charge is 0.259 e. The third-order valence-electron chi connectivity index (χ3n) is 3.10. The van der Waals surface area contributed by atoms with Gasteiger partial charge in [0.05, 0.1) is 24.0 Å². The first kappa shape index (κ1) is 13.7. The van der Waals surface area contributed by atoms with E-state index in [4.69, 9.17) is 4.74 Å². The quantitative estimate of drug-likeness (QED) is 0.795. The summed E-state index contributed by atoms with van der Waals surface area (Å²) < 4.78 is 6.69. The van der Waals surface area contributed by atoms with Crippen LogP contribution in [0.2, 0.25) is 0 Å². The Morgan fingerprint density at radius 1 is 1.14 bits per heavy atom. The summed E-state index contributed by atoms with van der Waals surface area (Å²) in [6.45, 7) is 0. The second kappa shape index (κ2) is 6.04. The zero-order chi connectivity index (χ0) is 15.4. The van der Waals surface area contributed by atoms with Crippen LogP contribution in [-0.2, 0) is 0 Å². The Morgan fingerprint density at radius 2 is 1.91 bits per heavy atom. The predicted molar refractivity (Wildman–Crippen MR) is 80.1 cm³/mol. The van der Waals surface area contributed by atoms with Gasteiger partial charge in [0, 0.05) is 0 Å². The number of methoxy groups -OCH3 is 1. The molecule has 0 saturated carbocycles. The number of carbonyl (C=O) groups is 1. The Hall–Kier alpha value is -3.22. The van der Waals surface area contributed by atoms with Crippen LogP contribution < -0.4 is 10.1 Å². The van der Waals surface area contributed by atoms with E-state index in [2.05, 4.69) is 20.8 Å². The first-order valence-electron chi connectivity index (χ1n) is 6.56. The summed E-state index contributed by atoms with van der Waals surface area (Å²) in [5, 5.41) is 13.9. The van der Waals surface area contributed by atoms with Crippen molar-refractivity contribution in [2.75, 3.05) is 12.4 Å². The fraction of sp³-hybridized carbons (Fsp3) is 0.0667. The van der Waals surface area contributed by atoms with Crippen molar-refractivity contribution in [3.05, 3.63) is 60.4 Å². The van der Waals surface area contributed by atoms with Gasteiger partial charge in [0.25, 0.3) is 5.91 Å². The Labute approximate surface area is 126 Å². The highest BCUT2D eigenvalue weighted by atomic mass is 16.5. The number of nitrogens with zero attached hydrogens (tertiary/aromatic N) is 4. The summed E-state index contributed by atoms with van der Waals surface area (Å²) >= 11 is 0. The summed E-state index contributed by atoms with van der Waals surface area (Å²) in [5.74, 6) is 0.248. The molecule has 1 amide bonds. The standard InChI is InChI=1S/C15H13N5O2/c1-22-14-9-5-2-6-11(14)15(21)17-12-7-3-4-8-13(12)20-10-16-18-19-20/h2-10H,1H3,(H,17,21). The van der Waals surface area contributed by atoms with Gasteiger partial charge in [0.1, 0.15) is 12.1 Å². The average molecular weight is 295 g/mol. The van der Waals surface area contributed by atoms with Crippen molar-refractivity contribution in [1.29, 1.82) is 0 Å². The van der Waals surface area contributed by atoms with Gasteiger partial charge in [-0.15, -0.1) is 5.10 Å². The molecule has 1 N–H and O–H groups in total. The summed E-state index contributed by atoms with van der Waals surface area (Å²) in [6, 6.07) is 14.3. The monoisotopic (exact) mass is 295 g/mol. The van der Waals surface area contributed by atoms with Gasteiger partial charge in [-0.25, -0.2) is 0 Å². The number of tetrazole rings is 1. The molecule has 0 spiro atoms. The van der Waals surface area contributed by atoms with E-state index in [1.54, 1.807) is 24.3 Å². The van der Waals surface area contributed by atoms with Gasteiger partial charge in [0.2, 0.25) is 0 Å². The van der Waals surface area contributed by atoms with Crippen molar-refractivity contribution in [2.24, 2.45) is 0 Å². The second-order valence-corrected chi connectivity index (χ2v) is 4.43. The molecule has 1 heterocycles. The molecule has 7 nitrogen and oxygen atoms in total. The van der Waals surface area contributed by atoms with Crippen molar-refractivity contribution >= 4 is 11.6 Å². The number of ether oxygens (including phenoxy) is 1. The maximum absolute atomic E-state index is 12.5. The second-order valence-electron chi connectivity index (χ2n) is 4.43. The molecule has 0 atom stereocenters. The van der Waals surface area contributed by atoms with Crippen molar-refractivity contribution < 1.29 is 9.53 Å². The lowest BCUT2D eigenvalue weighted by Gasteiger charge is -2.12. The topological polar surface area (TPSA) is 81.9 Å². The zero-order valence-electron chi connectivity index (χ0n) is 11.8. The molecule has 2 aromatic carbocycles. The van der Waals surface area contributed by atoms with Gasteiger partial charge >= 0.3 is 0 Å². The number of aromatic nitrogens is 4. The van der Waals surface area contributed by atoms with Gasteiger partial charge in [0.15, 0.2) is 0 Å². The summed E-state index contributed by atoms with van der Waals surface area (Å²) in [6.07, 6.45) is 1.47. The van der Waals surface area contributed by atoms with Gasteiger partial charge in [-0.05, 0) is 34.7 Å². The minimum absolute atomic E-state index is 0.266. The van der Waals surface area contributed by atoms with E-state index >= 15 is 0 Å². The molecule has 1 aromatic heterocycles. The maximum Gasteiger partial charge on any atom is 0.259 e. The number of para-hydroxylation sites is 3. The fourth-order valence-corrected chi connectivity index (χ4v) is 2.07. The number of rotatable bonds is 4. The highest BCUT2D eigenvalue weighted by Gasteiger charge is 2.14. The molecule has 0 radical (unpaired) electrons. The van der Waals surface area contributed by atoms with E-state index in [1.807, 2.05) is 24.3 Å². The number of amides is 1. The molecule has 3 aromatic rings. The van der Waals surface area contributed by atoms with E-state index in [1.165, 1.54) is 18.1 Å². The minimum Gasteiger partial charge on any atom is -0.496 e. The molecule has 0 bridgehead atoms. The first-order valence-corrected chi connectivity index (χ1v) is 6.56. The Kier molecular flexibility index (Phi) is 3.78. The van der Waals surface area contributed by atoms with Crippen molar-refractivity contribution in [1.82, 2.24) is 20.2 Å². The fourth-order valence-electron chi connectivity index (χ4n) is 2.07. The Balaban J connectivity index is 1.92. The molecule has 0 aliphatic heterocycles.